The molecular formula is C21H17NO3. The molecule has 124 valence electrons. The summed E-state index contributed by atoms with van der Waals surface area (Å²) in [5, 5.41) is 0. The van der Waals surface area contributed by atoms with Crippen molar-refractivity contribution in [3.05, 3.63) is 65.2 Å². The molecule has 0 radical (unpaired) electrons. The summed E-state index contributed by atoms with van der Waals surface area (Å²) in [7, 11) is 0. The fraction of sp³-hybridized carbons (Fsp3) is 0.286. The van der Waals surface area contributed by atoms with E-state index >= 15 is 0 Å². The van der Waals surface area contributed by atoms with Gasteiger partial charge in [0.1, 0.15) is 5.78 Å². The Bertz CT molecular complexity index is 930. The molecule has 4 aliphatic rings. The number of amides is 2. The van der Waals surface area contributed by atoms with Crippen LogP contribution in [-0.4, -0.2) is 17.6 Å². The van der Waals surface area contributed by atoms with E-state index in [4.69, 9.17) is 0 Å². The lowest BCUT2D eigenvalue weighted by Gasteiger charge is -2.43. The molecule has 2 fully saturated rings. The molecule has 2 bridgehead atoms. The van der Waals surface area contributed by atoms with Crippen LogP contribution < -0.4 is 4.90 Å². The number of fused-ring (bicyclic) bond motifs is 1. The molecule has 2 amide bonds. The summed E-state index contributed by atoms with van der Waals surface area (Å²) in [6.07, 6.45) is 0.365. The maximum Gasteiger partial charge on any atom is 0.238 e. The van der Waals surface area contributed by atoms with Gasteiger partial charge >= 0.3 is 0 Å². The number of nitrogens with zero attached hydrogens (tertiary/aromatic N) is 1. The lowest BCUT2D eigenvalue weighted by molar-refractivity contribution is -0.134. The first kappa shape index (κ1) is 14.6. The van der Waals surface area contributed by atoms with Crippen molar-refractivity contribution in [2.75, 3.05) is 4.90 Å². The zero-order chi connectivity index (χ0) is 17.3. The maximum absolute atomic E-state index is 13.1. The smallest absolute Gasteiger partial charge is 0.238 e. The summed E-state index contributed by atoms with van der Waals surface area (Å²) in [6, 6.07) is 15.2. The van der Waals surface area contributed by atoms with E-state index in [9.17, 15) is 14.4 Å². The summed E-state index contributed by atoms with van der Waals surface area (Å²) in [5.74, 6) is -1.89. The second-order valence-corrected chi connectivity index (χ2v) is 7.28. The highest BCUT2D eigenvalue weighted by Gasteiger charge is 2.62. The van der Waals surface area contributed by atoms with Crippen molar-refractivity contribution in [3.63, 3.8) is 0 Å². The highest BCUT2D eigenvalue weighted by molar-refractivity contribution is 6.24. The number of hydrogen-bond donors (Lipinski definition) is 0. The number of Topliss-reactive ketones (excluding diaryl/α,β-unsaturated/α-hetero) is 1. The monoisotopic (exact) mass is 331 g/mol. The van der Waals surface area contributed by atoms with E-state index in [1.807, 2.05) is 43.3 Å². The van der Waals surface area contributed by atoms with E-state index in [-0.39, 0.29) is 23.5 Å². The number of hydrogen-bond acceptors (Lipinski definition) is 3. The molecule has 0 N–H and O–H groups in total. The largest absolute Gasteiger partial charge is 0.299 e. The van der Waals surface area contributed by atoms with Crippen LogP contribution in [0.5, 0.6) is 0 Å². The highest BCUT2D eigenvalue weighted by atomic mass is 16.2. The van der Waals surface area contributed by atoms with Crippen LogP contribution in [0.25, 0.3) is 0 Å². The van der Waals surface area contributed by atoms with Crippen molar-refractivity contribution in [3.8, 4) is 0 Å². The molecule has 2 aromatic rings. The maximum atomic E-state index is 13.1. The van der Waals surface area contributed by atoms with Crippen LogP contribution in [0.2, 0.25) is 0 Å². The van der Waals surface area contributed by atoms with Gasteiger partial charge in [0, 0.05) is 12.3 Å². The highest BCUT2D eigenvalue weighted by Crippen LogP contribution is 2.57. The summed E-state index contributed by atoms with van der Waals surface area (Å²) >= 11 is 0. The summed E-state index contributed by atoms with van der Waals surface area (Å²) in [4.78, 5) is 40.2. The number of imide groups is 1. The van der Waals surface area contributed by atoms with E-state index in [1.165, 1.54) is 4.90 Å². The summed E-state index contributed by atoms with van der Waals surface area (Å²) in [5.41, 5.74) is 3.69. The lowest BCUT2D eigenvalue weighted by atomic mass is 9.56. The van der Waals surface area contributed by atoms with Crippen molar-refractivity contribution in [2.45, 2.75) is 25.2 Å². The Morgan fingerprint density at radius 1 is 0.840 bits per heavy atom. The van der Waals surface area contributed by atoms with Gasteiger partial charge in [0.05, 0.1) is 23.4 Å². The van der Waals surface area contributed by atoms with Crippen molar-refractivity contribution in [1.29, 1.82) is 0 Å². The molecular weight excluding hydrogens is 314 g/mol. The van der Waals surface area contributed by atoms with Crippen molar-refractivity contribution >= 4 is 23.3 Å². The lowest BCUT2D eigenvalue weighted by Crippen LogP contribution is -2.44. The molecule has 2 aromatic carbocycles. The van der Waals surface area contributed by atoms with Gasteiger partial charge in [0.25, 0.3) is 0 Å². The van der Waals surface area contributed by atoms with E-state index in [1.54, 1.807) is 12.1 Å². The molecule has 3 aliphatic carbocycles. The first-order chi connectivity index (χ1) is 12.1. The van der Waals surface area contributed by atoms with Crippen molar-refractivity contribution < 1.29 is 14.4 Å². The molecule has 0 unspecified atom stereocenters. The van der Waals surface area contributed by atoms with Crippen LogP contribution in [0.1, 0.15) is 34.9 Å². The van der Waals surface area contributed by atoms with Gasteiger partial charge in [-0.25, -0.2) is 0 Å². The topological polar surface area (TPSA) is 54.5 Å². The first-order valence-corrected chi connectivity index (χ1v) is 8.64. The molecule has 1 aliphatic heterocycles. The van der Waals surface area contributed by atoms with Crippen LogP contribution >= 0.6 is 0 Å². The Labute approximate surface area is 145 Å². The summed E-state index contributed by atoms with van der Waals surface area (Å²) < 4.78 is 0. The third kappa shape index (κ3) is 1.79. The second-order valence-electron chi connectivity index (χ2n) is 7.28. The first-order valence-electron chi connectivity index (χ1n) is 8.64. The van der Waals surface area contributed by atoms with E-state index in [2.05, 4.69) is 0 Å². The molecule has 25 heavy (non-hydrogen) atoms. The molecule has 1 saturated carbocycles. The van der Waals surface area contributed by atoms with E-state index < -0.39 is 17.8 Å². The van der Waals surface area contributed by atoms with Gasteiger partial charge < -0.3 is 0 Å². The third-order valence-corrected chi connectivity index (χ3v) is 5.98. The Balaban J connectivity index is 1.65. The van der Waals surface area contributed by atoms with Gasteiger partial charge in [0.2, 0.25) is 11.8 Å². The minimum absolute atomic E-state index is 0.0943. The molecule has 1 saturated heterocycles. The van der Waals surface area contributed by atoms with Crippen LogP contribution in [0.4, 0.5) is 5.69 Å². The molecule has 1 heterocycles. The van der Waals surface area contributed by atoms with E-state index in [0.717, 1.165) is 16.7 Å². The fourth-order valence-corrected chi connectivity index (χ4v) is 4.91. The van der Waals surface area contributed by atoms with Gasteiger partial charge in [-0.05, 0) is 30.2 Å². The minimum Gasteiger partial charge on any atom is -0.299 e. The zero-order valence-corrected chi connectivity index (χ0v) is 13.8. The third-order valence-electron chi connectivity index (χ3n) is 5.98. The molecule has 0 spiro atoms. The SMILES string of the molecule is Cc1ccc(N2C(=O)[C@@H]3[C@H](C2=O)[C@@H]2C(=O)C[C@@H]3c3ccccc32)cc1. The average molecular weight is 331 g/mol. The van der Waals surface area contributed by atoms with Crippen LogP contribution in [0.15, 0.2) is 48.5 Å². The van der Waals surface area contributed by atoms with Gasteiger partial charge in [-0.15, -0.1) is 0 Å². The van der Waals surface area contributed by atoms with Gasteiger partial charge in [-0.3, -0.25) is 19.3 Å². The number of rotatable bonds is 1. The number of benzene rings is 2. The molecule has 0 aromatic heterocycles. The van der Waals surface area contributed by atoms with Gasteiger partial charge in [-0.1, -0.05) is 42.0 Å². The Hall–Kier alpha value is -2.75. The molecule has 4 atom stereocenters. The van der Waals surface area contributed by atoms with E-state index in [0.29, 0.717) is 12.1 Å². The van der Waals surface area contributed by atoms with Gasteiger partial charge in [0.15, 0.2) is 0 Å². The minimum atomic E-state index is -0.546. The number of ketones is 1. The molecule has 4 heteroatoms. The Kier molecular flexibility index (Phi) is 2.85. The molecule has 6 rings (SSSR count). The number of carbonyl (C=O) groups is 3. The zero-order valence-electron chi connectivity index (χ0n) is 13.8. The Morgan fingerprint density at radius 2 is 1.48 bits per heavy atom. The van der Waals surface area contributed by atoms with Crippen LogP contribution in [0, 0.1) is 18.8 Å². The average Bonchev–Trinajstić information content (AvgIpc) is 2.88. The normalized spacial score (nSPS) is 29.8. The summed E-state index contributed by atoms with van der Waals surface area (Å²) in [6.45, 7) is 1.96. The molecule has 4 nitrogen and oxygen atoms in total. The predicted molar refractivity (Wildman–Crippen MR) is 92.2 cm³/mol. The quantitative estimate of drug-likeness (QED) is 0.755. The fourth-order valence-electron chi connectivity index (χ4n) is 4.91. The van der Waals surface area contributed by atoms with Crippen molar-refractivity contribution in [1.82, 2.24) is 0 Å². The number of aryl methyl sites for hydroxylation is 1. The van der Waals surface area contributed by atoms with Gasteiger partial charge in [-0.2, -0.15) is 0 Å². The Morgan fingerprint density at radius 3 is 2.20 bits per heavy atom. The number of carbonyl (C=O) groups excluding carboxylic acids is 3. The predicted octanol–water partition coefficient (Wildman–Crippen LogP) is 2.95. The van der Waals surface area contributed by atoms with Crippen LogP contribution in [-0.2, 0) is 14.4 Å². The standard InChI is InChI=1S/C21H17NO3/c1-11-6-8-12(9-7-11)22-20(24)18-15-10-16(23)17(19(18)21(22)25)14-5-3-2-4-13(14)15/h2-9,15,17-19H,10H2,1H3/t15-,17+,18+,19-/m1/s1. The van der Waals surface area contributed by atoms with Crippen LogP contribution in [0.3, 0.4) is 0 Å². The second kappa shape index (κ2) is 4.88. The number of anilines is 1. The van der Waals surface area contributed by atoms with Crippen molar-refractivity contribution in [2.24, 2.45) is 11.8 Å².